The molecule has 0 aromatic heterocycles. The van der Waals surface area contributed by atoms with Crippen molar-refractivity contribution >= 4 is 23.2 Å². The number of carbonyl (C=O) groups is 2. The summed E-state index contributed by atoms with van der Waals surface area (Å²) >= 11 is 0. The number of para-hydroxylation sites is 4. The topological polar surface area (TPSA) is 67.9 Å². The minimum Gasteiger partial charge on any atom is -0.492 e. The molecule has 0 atom stereocenters. The number of nitrogens with zero attached hydrogens (tertiary/aromatic N) is 1. The van der Waals surface area contributed by atoms with Crippen LogP contribution >= 0.6 is 0 Å². The number of rotatable bonds is 8. The first-order valence-corrected chi connectivity index (χ1v) is 8.97. The summed E-state index contributed by atoms with van der Waals surface area (Å²) in [6.45, 7) is 7.46. The summed E-state index contributed by atoms with van der Waals surface area (Å²) in [6, 6.07) is 14.4. The zero-order chi connectivity index (χ0) is 19.8. The van der Waals surface area contributed by atoms with E-state index in [2.05, 4.69) is 5.32 Å². The third-order valence-electron chi connectivity index (χ3n) is 3.66. The van der Waals surface area contributed by atoms with Crippen molar-refractivity contribution in [2.45, 2.75) is 33.8 Å². The Morgan fingerprint density at radius 1 is 1.04 bits per heavy atom. The number of benzene rings is 2. The molecular formula is C21H26N2O4. The summed E-state index contributed by atoms with van der Waals surface area (Å²) in [5.41, 5.74) is 1.13. The highest BCUT2D eigenvalue weighted by Gasteiger charge is 2.20. The Kier molecular flexibility index (Phi) is 7.23. The Morgan fingerprint density at radius 3 is 2.30 bits per heavy atom. The molecule has 0 fully saturated rings. The van der Waals surface area contributed by atoms with Crippen LogP contribution in [0, 0.1) is 0 Å². The molecule has 2 aromatic carbocycles. The quantitative estimate of drug-likeness (QED) is 0.766. The predicted molar refractivity (Wildman–Crippen MR) is 106 cm³/mol. The molecule has 0 aliphatic heterocycles. The Bertz CT molecular complexity index is 789. The van der Waals surface area contributed by atoms with Gasteiger partial charge in [-0.3, -0.25) is 14.5 Å². The van der Waals surface area contributed by atoms with Crippen LogP contribution in [0.15, 0.2) is 48.5 Å². The van der Waals surface area contributed by atoms with Gasteiger partial charge in [-0.05, 0) is 45.0 Å². The van der Waals surface area contributed by atoms with Crippen molar-refractivity contribution in [1.29, 1.82) is 0 Å². The Balaban J connectivity index is 2.19. The van der Waals surface area contributed by atoms with Crippen LogP contribution in [0.5, 0.6) is 11.5 Å². The predicted octanol–water partition coefficient (Wildman–Crippen LogP) is 3.86. The highest BCUT2D eigenvalue weighted by Crippen LogP contribution is 2.29. The zero-order valence-electron chi connectivity index (χ0n) is 16.2. The molecule has 2 rings (SSSR count). The molecule has 6 heteroatoms. The number of ether oxygens (including phenoxy) is 2. The van der Waals surface area contributed by atoms with Crippen LogP contribution in [0.4, 0.5) is 11.4 Å². The van der Waals surface area contributed by atoms with E-state index in [-0.39, 0.29) is 24.5 Å². The van der Waals surface area contributed by atoms with E-state index in [9.17, 15) is 9.59 Å². The molecule has 0 radical (unpaired) electrons. The molecular weight excluding hydrogens is 344 g/mol. The number of anilines is 2. The Morgan fingerprint density at radius 2 is 1.67 bits per heavy atom. The molecule has 0 spiro atoms. The lowest BCUT2D eigenvalue weighted by Crippen LogP contribution is -2.37. The van der Waals surface area contributed by atoms with Crippen molar-refractivity contribution < 1.29 is 19.1 Å². The standard InChI is InChI=1S/C21H26N2O4/c1-5-26-20-13-9-7-11-18(20)23(16(4)24)14-21(25)22-17-10-6-8-12-19(17)27-15(2)3/h6-13,15H,5,14H2,1-4H3,(H,22,25). The highest BCUT2D eigenvalue weighted by molar-refractivity contribution is 6.03. The molecule has 0 aliphatic rings. The average Bonchev–Trinajstić information content (AvgIpc) is 2.62. The van der Waals surface area contributed by atoms with Crippen molar-refractivity contribution in [3.8, 4) is 11.5 Å². The fraction of sp³-hybridized carbons (Fsp3) is 0.333. The van der Waals surface area contributed by atoms with Gasteiger partial charge in [0.05, 0.1) is 24.1 Å². The van der Waals surface area contributed by atoms with Crippen LogP contribution in [-0.4, -0.2) is 31.1 Å². The van der Waals surface area contributed by atoms with Gasteiger partial charge in [0.2, 0.25) is 11.8 Å². The summed E-state index contributed by atoms with van der Waals surface area (Å²) in [6.07, 6.45) is -0.0187. The third kappa shape index (κ3) is 5.74. The lowest BCUT2D eigenvalue weighted by molar-refractivity contribution is -0.120. The molecule has 27 heavy (non-hydrogen) atoms. The van der Waals surface area contributed by atoms with E-state index in [0.29, 0.717) is 29.5 Å². The maximum atomic E-state index is 12.6. The number of hydrogen-bond acceptors (Lipinski definition) is 4. The number of hydrogen-bond donors (Lipinski definition) is 1. The Hall–Kier alpha value is -3.02. The third-order valence-corrected chi connectivity index (χ3v) is 3.66. The molecule has 0 heterocycles. The molecule has 1 N–H and O–H groups in total. The van der Waals surface area contributed by atoms with Crippen LogP contribution in [0.3, 0.4) is 0 Å². The van der Waals surface area contributed by atoms with Crippen LogP contribution < -0.4 is 19.7 Å². The lowest BCUT2D eigenvalue weighted by atomic mass is 10.2. The van der Waals surface area contributed by atoms with Crippen molar-refractivity contribution in [2.24, 2.45) is 0 Å². The van der Waals surface area contributed by atoms with E-state index < -0.39 is 0 Å². The van der Waals surface area contributed by atoms with Gasteiger partial charge in [0.15, 0.2) is 0 Å². The number of carbonyl (C=O) groups excluding carboxylic acids is 2. The fourth-order valence-electron chi connectivity index (χ4n) is 2.58. The van der Waals surface area contributed by atoms with E-state index in [1.54, 1.807) is 30.3 Å². The summed E-state index contributed by atoms with van der Waals surface area (Å²) in [4.78, 5) is 26.2. The van der Waals surface area contributed by atoms with Gasteiger partial charge >= 0.3 is 0 Å². The SMILES string of the molecule is CCOc1ccccc1N(CC(=O)Nc1ccccc1OC(C)C)C(C)=O. The van der Waals surface area contributed by atoms with Gasteiger partial charge in [0.25, 0.3) is 0 Å². The van der Waals surface area contributed by atoms with E-state index >= 15 is 0 Å². The van der Waals surface area contributed by atoms with Gasteiger partial charge in [-0.25, -0.2) is 0 Å². The molecule has 144 valence electrons. The fourth-order valence-corrected chi connectivity index (χ4v) is 2.58. The van der Waals surface area contributed by atoms with Crippen LogP contribution in [0.1, 0.15) is 27.7 Å². The lowest BCUT2D eigenvalue weighted by Gasteiger charge is -2.23. The van der Waals surface area contributed by atoms with Crippen LogP contribution in [0.2, 0.25) is 0 Å². The van der Waals surface area contributed by atoms with Gasteiger partial charge < -0.3 is 14.8 Å². The molecule has 0 aliphatic carbocycles. The van der Waals surface area contributed by atoms with Gasteiger partial charge in [-0.2, -0.15) is 0 Å². The van der Waals surface area contributed by atoms with Gasteiger partial charge in [-0.15, -0.1) is 0 Å². The average molecular weight is 370 g/mol. The van der Waals surface area contributed by atoms with E-state index in [0.717, 1.165) is 0 Å². The van der Waals surface area contributed by atoms with Crippen LogP contribution in [-0.2, 0) is 9.59 Å². The zero-order valence-corrected chi connectivity index (χ0v) is 16.2. The smallest absolute Gasteiger partial charge is 0.244 e. The maximum absolute atomic E-state index is 12.6. The Labute approximate surface area is 160 Å². The molecule has 0 saturated carbocycles. The summed E-state index contributed by atoms with van der Waals surface area (Å²) < 4.78 is 11.3. The van der Waals surface area contributed by atoms with Gasteiger partial charge in [0.1, 0.15) is 18.0 Å². The van der Waals surface area contributed by atoms with Gasteiger partial charge in [-0.1, -0.05) is 24.3 Å². The number of amides is 2. The molecule has 0 unspecified atom stereocenters. The highest BCUT2D eigenvalue weighted by atomic mass is 16.5. The summed E-state index contributed by atoms with van der Waals surface area (Å²) in [5.74, 6) is 0.580. The molecule has 0 saturated heterocycles. The number of nitrogens with one attached hydrogen (secondary N) is 1. The van der Waals surface area contributed by atoms with Crippen molar-refractivity contribution in [2.75, 3.05) is 23.4 Å². The minimum absolute atomic E-state index is 0.0187. The second-order valence-electron chi connectivity index (χ2n) is 6.22. The van der Waals surface area contributed by atoms with E-state index in [4.69, 9.17) is 9.47 Å². The summed E-state index contributed by atoms with van der Waals surface area (Å²) in [7, 11) is 0. The van der Waals surface area contributed by atoms with Crippen molar-refractivity contribution in [3.63, 3.8) is 0 Å². The van der Waals surface area contributed by atoms with Gasteiger partial charge in [0, 0.05) is 6.92 Å². The van der Waals surface area contributed by atoms with Crippen LogP contribution in [0.25, 0.3) is 0 Å². The maximum Gasteiger partial charge on any atom is 0.244 e. The first-order valence-electron chi connectivity index (χ1n) is 8.97. The molecule has 6 nitrogen and oxygen atoms in total. The van der Waals surface area contributed by atoms with Crippen molar-refractivity contribution in [3.05, 3.63) is 48.5 Å². The first kappa shape index (κ1) is 20.3. The van der Waals surface area contributed by atoms with E-state index in [1.165, 1.54) is 11.8 Å². The van der Waals surface area contributed by atoms with E-state index in [1.807, 2.05) is 39.0 Å². The second-order valence-corrected chi connectivity index (χ2v) is 6.22. The first-order chi connectivity index (χ1) is 12.9. The largest absolute Gasteiger partial charge is 0.492 e. The summed E-state index contributed by atoms with van der Waals surface area (Å²) in [5, 5.41) is 2.82. The molecule has 2 aromatic rings. The molecule has 2 amide bonds. The normalized spacial score (nSPS) is 10.4. The molecule has 0 bridgehead atoms. The monoisotopic (exact) mass is 370 g/mol. The minimum atomic E-state index is -0.323. The van der Waals surface area contributed by atoms with Crippen molar-refractivity contribution in [1.82, 2.24) is 0 Å². The second kappa shape index (κ2) is 9.62.